The number of rotatable bonds is 6. The third-order valence-corrected chi connectivity index (χ3v) is 3.58. The molecule has 7 nitrogen and oxygen atoms in total. The van der Waals surface area contributed by atoms with Crippen molar-refractivity contribution in [2.24, 2.45) is 5.11 Å². The minimum absolute atomic E-state index is 0.0672. The molecular formula is C16H17FN6O. The van der Waals surface area contributed by atoms with Gasteiger partial charge in [0.05, 0.1) is 11.1 Å². The Bertz CT molecular complexity index is 760. The molecule has 0 aliphatic rings. The van der Waals surface area contributed by atoms with E-state index in [2.05, 4.69) is 20.0 Å². The van der Waals surface area contributed by atoms with Gasteiger partial charge in [0.15, 0.2) is 5.82 Å². The van der Waals surface area contributed by atoms with Crippen LogP contribution in [0.4, 0.5) is 4.39 Å². The number of hydrogen-bond acceptors (Lipinski definition) is 4. The standard InChI is InChI=1S/C16H17FN6O/c1-3-23(11(2)10-21-22-18)16(24)12-6-4-7-13(17)14(12)15-19-8-5-9-20-15/h4-9,11H,3,10H2,1-2H3/t11-/m0/s1. The van der Waals surface area contributed by atoms with E-state index in [9.17, 15) is 9.18 Å². The highest BCUT2D eigenvalue weighted by Gasteiger charge is 2.25. The van der Waals surface area contributed by atoms with Gasteiger partial charge in [0.1, 0.15) is 5.82 Å². The first-order valence-electron chi connectivity index (χ1n) is 7.47. The molecular weight excluding hydrogens is 311 g/mol. The number of carbonyl (C=O) groups is 1. The number of hydrogen-bond donors (Lipinski definition) is 0. The van der Waals surface area contributed by atoms with Crippen LogP contribution < -0.4 is 0 Å². The Morgan fingerprint density at radius 3 is 2.71 bits per heavy atom. The van der Waals surface area contributed by atoms with E-state index in [0.29, 0.717) is 6.54 Å². The van der Waals surface area contributed by atoms with E-state index in [1.165, 1.54) is 29.4 Å². The predicted molar refractivity (Wildman–Crippen MR) is 87.6 cm³/mol. The largest absolute Gasteiger partial charge is 0.336 e. The molecule has 1 aromatic heterocycles. The lowest BCUT2D eigenvalue weighted by Gasteiger charge is -2.27. The second kappa shape index (κ2) is 8.03. The summed E-state index contributed by atoms with van der Waals surface area (Å²) in [6.07, 6.45) is 2.98. The molecule has 1 atom stereocenters. The quantitative estimate of drug-likeness (QED) is 0.461. The molecule has 0 aliphatic heterocycles. The lowest BCUT2D eigenvalue weighted by atomic mass is 10.0. The molecule has 0 saturated carbocycles. The van der Waals surface area contributed by atoms with Crippen molar-refractivity contribution in [1.82, 2.24) is 14.9 Å². The van der Waals surface area contributed by atoms with Crippen LogP contribution in [0.1, 0.15) is 24.2 Å². The summed E-state index contributed by atoms with van der Waals surface area (Å²) in [6.45, 7) is 4.12. The Morgan fingerprint density at radius 2 is 2.08 bits per heavy atom. The van der Waals surface area contributed by atoms with E-state index in [-0.39, 0.29) is 35.4 Å². The fraction of sp³-hybridized carbons (Fsp3) is 0.312. The molecule has 1 aromatic carbocycles. The smallest absolute Gasteiger partial charge is 0.254 e. The first kappa shape index (κ1) is 17.4. The second-order valence-electron chi connectivity index (χ2n) is 5.09. The third kappa shape index (κ3) is 3.67. The van der Waals surface area contributed by atoms with Crippen LogP contribution in [-0.4, -0.2) is 39.9 Å². The van der Waals surface area contributed by atoms with Crippen LogP contribution in [0.5, 0.6) is 0 Å². The van der Waals surface area contributed by atoms with E-state index in [1.54, 1.807) is 19.1 Å². The lowest BCUT2D eigenvalue weighted by Crippen LogP contribution is -2.40. The van der Waals surface area contributed by atoms with Gasteiger partial charge < -0.3 is 4.90 Å². The number of amides is 1. The van der Waals surface area contributed by atoms with Crippen molar-refractivity contribution in [2.45, 2.75) is 19.9 Å². The van der Waals surface area contributed by atoms with Crippen molar-refractivity contribution in [1.29, 1.82) is 0 Å². The number of benzene rings is 1. The highest BCUT2D eigenvalue weighted by atomic mass is 19.1. The van der Waals surface area contributed by atoms with Crippen molar-refractivity contribution in [3.05, 3.63) is 58.5 Å². The summed E-state index contributed by atoms with van der Waals surface area (Å²) >= 11 is 0. The van der Waals surface area contributed by atoms with Gasteiger partial charge in [0, 0.05) is 36.4 Å². The minimum Gasteiger partial charge on any atom is -0.336 e. The van der Waals surface area contributed by atoms with Gasteiger partial charge >= 0.3 is 0 Å². The summed E-state index contributed by atoms with van der Waals surface area (Å²) < 4.78 is 14.3. The van der Waals surface area contributed by atoms with Crippen LogP contribution in [-0.2, 0) is 0 Å². The number of aromatic nitrogens is 2. The van der Waals surface area contributed by atoms with Crippen LogP contribution in [0.3, 0.4) is 0 Å². The molecule has 0 N–H and O–H groups in total. The fourth-order valence-corrected chi connectivity index (χ4v) is 2.42. The molecule has 0 radical (unpaired) electrons. The summed E-state index contributed by atoms with van der Waals surface area (Å²) in [4.78, 5) is 25.2. The van der Waals surface area contributed by atoms with Gasteiger partial charge in [0.25, 0.3) is 5.91 Å². The number of azide groups is 1. The normalized spacial score (nSPS) is 11.5. The Balaban J connectivity index is 2.46. The molecule has 24 heavy (non-hydrogen) atoms. The van der Waals surface area contributed by atoms with Gasteiger partial charge in [-0.2, -0.15) is 0 Å². The Morgan fingerprint density at radius 1 is 1.38 bits per heavy atom. The Labute approximate surface area is 138 Å². The maximum Gasteiger partial charge on any atom is 0.254 e. The Kier molecular flexibility index (Phi) is 5.81. The highest BCUT2D eigenvalue weighted by Crippen LogP contribution is 2.25. The molecule has 0 unspecified atom stereocenters. The summed E-state index contributed by atoms with van der Waals surface area (Å²) in [5.41, 5.74) is 8.69. The molecule has 1 amide bonds. The van der Waals surface area contributed by atoms with E-state index in [1.807, 2.05) is 6.92 Å². The van der Waals surface area contributed by atoms with E-state index in [4.69, 9.17) is 5.53 Å². The number of carbonyl (C=O) groups excluding carboxylic acids is 1. The molecule has 0 saturated heterocycles. The fourth-order valence-electron chi connectivity index (χ4n) is 2.42. The van der Waals surface area contributed by atoms with Crippen LogP contribution in [0, 0.1) is 5.82 Å². The first-order chi connectivity index (χ1) is 11.6. The molecule has 2 aromatic rings. The number of nitrogens with zero attached hydrogens (tertiary/aromatic N) is 6. The topological polar surface area (TPSA) is 94.9 Å². The van der Waals surface area contributed by atoms with Gasteiger partial charge in [-0.05, 0) is 37.6 Å². The van der Waals surface area contributed by atoms with Crippen molar-refractivity contribution >= 4 is 5.91 Å². The predicted octanol–water partition coefficient (Wildman–Crippen LogP) is 3.44. The SMILES string of the molecule is CCN(C(=O)c1cccc(F)c1-c1ncccn1)[C@@H](C)CN=[N+]=[N-]. The van der Waals surface area contributed by atoms with Crippen molar-refractivity contribution in [3.63, 3.8) is 0 Å². The van der Waals surface area contributed by atoms with Crippen molar-refractivity contribution in [2.75, 3.05) is 13.1 Å². The zero-order valence-corrected chi connectivity index (χ0v) is 13.4. The second-order valence-corrected chi connectivity index (χ2v) is 5.09. The minimum atomic E-state index is -0.564. The summed E-state index contributed by atoms with van der Waals surface area (Å²) in [5, 5.41) is 3.50. The zero-order valence-electron chi connectivity index (χ0n) is 13.4. The molecule has 0 fully saturated rings. The van der Waals surface area contributed by atoms with Crippen molar-refractivity contribution < 1.29 is 9.18 Å². The molecule has 8 heteroatoms. The average Bonchev–Trinajstić information content (AvgIpc) is 2.61. The maximum atomic E-state index is 14.3. The first-order valence-corrected chi connectivity index (χ1v) is 7.47. The molecule has 2 rings (SSSR count). The molecule has 1 heterocycles. The monoisotopic (exact) mass is 328 g/mol. The van der Waals surface area contributed by atoms with Gasteiger partial charge in [-0.1, -0.05) is 11.2 Å². The van der Waals surface area contributed by atoms with E-state index in [0.717, 1.165) is 0 Å². The summed E-state index contributed by atoms with van der Waals surface area (Å²) in [6, 6.07) is 5.58. The van der Waals surface area contributed by atoms with E-state index < -0.39 is 5.82 Å². The molecule has 124 valence electrons. The van der Waals surface area contributed by atoms with Crippen LogP contribution in [0.2, 0.25) is 0 Å². The molecule has 0 bridgehead atoms. The molecule has 0 spiro atoms. The van der Waals surface area contributed by atoms with Gasteiger partial charge in [0.2, 0.25) is 0 Å². The van der Waals surface area contributed by atoms with E-state index >= 15 is 0 Å². The maximum absolute atomic E-state index is 14.3. The highest BCUT2D eigenvalue weighted by molar-refractivity contribution is 6.00. The average molecular weight is 328 g/mol. The number of halogens is 1. The van der Waals surface area contributed by atoms with Crippen LogP contribution in [0.25, 0.3) is 21.8 Å². The summed E-state index contributed by atoms with van der Waals surface area (Å²) in [7, 11) is 0. The third-order valence-electron chi connectivity index (χ3n) is 3.58. The Hall–Kier alpha value is -2.99. The van der Waals surface area contributed by atoms with Crippen LogP contribution >= 0.6 is 0 Å². The van der Waals surface area contributed by atoms with Gasteiger partial charge in [-0.3, -0.25) is 4.79 Å². The lowest BCUT2D eigenvalue weighted by molar-refractivity contribution is 0.0709. The van der Waals surface area contributed by atoms with Gasteiger partial charge in [-0.25, -0.2) is 14.4 Å². The summed E-state index contributed by atoms with van der Waals surface area (Å²) in [5.74, 6) is -0.774. The van der Waals surface area contributed by atoms with Gasteiger partial charge in [-0.15, -0.1) is 0 Å². The molecule has 0 aliphatic carbocycles. The number of likely N-dealkylation sites (N-methyl/N-ethyl adjacent to an activating group) is 1. The van der Waals surface area contributed by atoms with Crippen LogP contribution in [0.15, 0.2) is 41.8 Å². The van der Waals surface area contributed by atoms with Crippen molar-refractivity contribution in [3.8, 4) is 11.4 Å². The zero-order chi connectivity index (χ0) is 17.5.